The number of esters is 1. The molecule has 0 heterocycles. The fraction of sp³-hybridized carbons (Fsp3) is 0.364. The Balaban J connectivity index is 3.15. The summed E-state index contributed by atoms with van der Waals surface area (Å²) in [6, 6.07) is 2.13. The molecule has 0 saturated carbocycles. The van der Waals surface area contributed by atoms with Crippen LogP contribution in [-0.2, 0) is 19.6 Å². The molecule has 0 amide bonds. The van der Waals surface area contributed by atoms with E-state index in [0.717, 1.165) is 13.1 Å². The van der Waals surface area contributed by atoms with E-state index in [4.69, 9.17) is 0 Å². The maximum atomic E-state index is 13.6. The molecule has 0 saturated heterocycles. The molecule has 0 aliphatic heterocycles. The van der Waals surface area contributed by atoms with Gasteiger partial charge in [-0.3, -0.25) is 14.9 Å². The second kappa shape index (κ2) is 6.59. The fourth-order valence-electron chi connectivity index (χ4n) is 1.44. The summed E-state index contributed by atoms with van der Waals surface area (Å²) in [4.78, 5) is 20.2. The van der Waals surface area contributed by atoms with Crippen molar-refractivity contribution in [2.45, 2.75) is 11.8 Å². The average Bonchev–Trinajstić information content (AvgIpc) is 2.38. The van der Waals surface area contributed by atoms with Gasteiger partial charge < -0.3 is 4.74 Å². The number of carbonyl (C=O) groups is 1. The highest BCUT2D eigenvalue weighted by molar-refractivity contribution is 7.89. The van der Waals surface area contributed by atoms with Crippen molar-refractivity contribution in [3.05, 3.63) is 34.1 Å². The van der Waals surface area contributed by atoms with Crippen molar-refractivity contribution in [1.82, 2.24) is 4.31 Å². The van der Waals surface area contributed by atoms with Crippen molar-refractivity contribution >= 4 is 21.7 Å². The number of sulfonamides is 1. The number of halogens is 1. The molecule has 0 radical (unpaired) electrons. The molecular weight excluding hydrogens is 307 g/mol. The Morgan fingerprint density at radius 2 is 2.10 bits per heavy atom. The number of nitro groups is 1. The van der Waals surface area contributed by atoms with Crippen LogP contribution in [0.4, 0.5) is 10.1 Å². The van der Waals surface area contributed by atoms with E-state index < -0.39 is 43.9 Å². The summed E-state index contributed by atoms with van der Waals surface area (Å²) < 4.78 is 43.0. The summed E-state index contributed by atoms with van der Waals surface area (Å²) in [5.74, 6) is -1.95. The second-order valence-electron chi connectivity index (χ2n) is 3.94. The smallest absolute Gasteiger partial charge is 0.321 e. The number of hydrogen-bond donors (Lipinski definition) is 0. The number of ether oxygens (including phenoxy) is 1. The minimum Gasteiger partial charge on any atom is -0.465 e. The molecule has 0 fully saturated rings. The van der Waals surface area contributed by atoms with Gasteiger partial charge in [0.2, 0.25) is 10.0 Å². The van der Waals surface area contributed by atoms with E-state index in [-0.39, 0.29) is 6.61 Å². The fourth-order valence-corrected chi connectivity index (χ4v) is 2.64. The van der Waals surface area contributed by atoms with Crippen LogP contribution < -0.4 is 0 Å². The third kappa shape index (κ3) is 3.95. The van der Waals surface area contributed by atoms with Crippen molar-refractivity contribution in [2.24, 2.45) is 0 Å². The van der Waals surface area contributed by atoms with Gasteiger partial charge in [-0.1, -0.05) is 0 Å². The number of likely N-dealkylation sites (N-methyl/N-ethyl adjacent to an activating group) is 1. The number of nitrogens with zero attached hydrogens (tertiary/aromatic N) is 2. The molecule has 1 rings (SSSR count). The molecule has 8 nitrogen and oxygen atoms in total. The van der Waals surface area contributed by atoms with Gasteiger partial charge in [-0.05, 0) is 13.0 Å². The number of carbonyl (C=O) groups excluding carboxylic acids is 1. The van der Waals surface area contributed by atoms with Gasteiger partial charge in [0, 0.05) is 19.2 Å². The Morgan fingerprint density at radius 3 is 2.62 bits per heavy atom. The van der Waals surface area contributed by atoms with Gasteiger partial charge >= 0.3 is 5.97 Å². The highest BCUT2D eigenvalue weighted by Crippen LogP contribution is 2.23. The van der Waals surface area contributed by atoms with E-state index in [0.29, 0.717) is 16.4 Å². The molecule has 116 valence electrons. The van der Waals surface area contributed by atoms with Gasteiger partial charge in [0.25, 0.3) is 5.69 Å². The largest absolute Gasteiger partial charge is 0.465 e. The molecule has 21 heavy (non-hydrogen) atoms. The van der Waals surface area contributed by atoms with E-state index >= 15 is 0 Å². The van der Waals surface area contributed by atoms with Crippen molar-refractivity contribution in [2.75, 3.05) is 20.2 Å². The van der Waals surface area contributed by atoms with E-state index in [2.05, 4.69) is 4.74 Å². The first-order chi connectivity index (χ1) is 9.70. The highest BCUT2D eigenvalue weighted by atomic mass is 32.2. The Hall–Kier alpha value is -2.07. The van der Waals surface area contributed by atoms with E-state index in [1.54, 1.807) is 6.92 Å². The lowest BCUT2D eigenvalue weighted by molar-refractivity contribution is -0.385. The monoisotopic (exact) mass is 320 g/mol. The first-order valence-corrected chi connectivity index (χ1v) is 7.20. The number of benzene rings is 1. The third-order valence-corrected chi connectivity index (χ3v) is 4.29. The van der Waals surface area contributed by atoms with Crippen LogP contribution >= 0.6 is 0 Å². The molecule has 0 N–H and O–H groups in total. The molecule has 0 atom stereocenters. The average molecular weight is 320 g/mol. The van der Waals surface area contributed by atoms with Crippen LogP contribution in [-0.4, -0.2) is 43.8 Å². The zero-order valence-corrected chi connectivity index (χ0v) is 12.1. The molecule has 0 unspecified atom stereocenters. The van der Waals surface area contributed by atoms with E-state index in [9.17, 15) is 27.7 Å². The maximum absolute atomic E-state index is 13.6. The first-order valence-electron chi connectivity index (χ1n) is 5.76. The number of rotatable bonds is 6. The lowest BCUT2D eigenvalue weighted by Crippen LogP contribution is -2.33. The van der Waals surface area contributed by atoms with Crippen LogP contribution in [0, 0.1) is 15.9 Å². The Bertz CT molecular complexity index is 661. The summed E-state index contributed by atoms with van der Waals surface area (Å²) in [7, 11) is -3.34. The lowest BCUT2D eigenvalue weighted by atomic mass is 10.3. The van der Waals surface area contributed by atoms with Gasteiger partial charge in [0.15, 0.2) is 0 Å². The van der Waals surface area contributed by atoms with Crippen molar-refractivity contribution in [1.29, 1.82) is 0 Å². The van der Waals surface area contributed by atoms with Crippen LogP contribution in [0.2, 0.25) is 0 Å². The molecule has 1 aromatic rings. The third-order valence-electron chi connectivity index (χ3n) is 2.47. The predicted octanol–water partition coefficient (Wildman–Crippen LogP) is 0.918. The van der Waals surface area contributed by atoms with Gasteiger partial charge in [-0.15, -0.1) is 0 Å². The zero-order valence-electron chi connectivity index (χ0n) is 11.3. The molecule has 0 spiro atoms. The predicted molar refractivity (Wildman–Crippen MR) is 69.5 cm³/mol. The van der Waals surface area contributed by atoms with Crippen LogP contribution in [0.15, 0.2) is 23.1 Å². The summed E-state index contributed by atoms with van der Waals surface area (Å²) >= 11 is 0. The first kappa shape index (κ1) is 17.0. The van der Waals surface area contributed by atoms with Crippen LogP contribution in [0.25, 0.3) is 0 Å². The number of non-ortho nitro benzene ring substituents is 1. The SMILES string of the molecule is CCOC(=O)CN(C)S(=O)(=O)c1cc([N+](=O)[O-])ccc1F. The molecular formula is C11H13FN2O6S. The minimum absolute atomic E-state index is 0.0674. The molecule has 0 aromatic heterocycles. The van der Waals surface area contributed by atoms with Crippen LogP contribution in [0.1, 0.15) is 6.92 Å². The molecule has 0 aliphatic rings. The quantitative estimate of drug-likeness (QED) is 0.438. The summed E-state index contributed by atoms with van der Waals surface area (Å²) in [6.07, 6.45) is 0. The molecule has 10 heteroatoms. The molecule has 0 aliphatic carbocycles. The van der Waals surface area contributed by atoms with Crippen molar-refractivity contribution in [3.63, 3.8) is 0 Å². The van der Waals surface area contributed by atoms with Crippen LogP contribution in [0.3, 0.4) is 0 Å². The lowest BCUT2D eigenvalue weighted by Gasteiger charge is -2.16. The summed E-state index contributed by atoms with van der Waals surface area (Å²) in [6.45, 7) is 0.989. The standard InChI is InChI=1S/C11H13FN2O6S/c1-3-20-11(15)7-13(2)21(18,19)10-6-8(14(16)17)4-5-9(10)12/h4-6H,3,7H2,1-2H3. The van der Waals surface area contributed by atoms with Crippen molar-refractivity contribution < 1.29 is 27.3 Å². The normalized spacial score (nSPS) is 11.4. The Morgan fingerprint density at radius 1 is 1.48 bits per heavy atom. The van der Waals surface area contributed by atoms with Crippen LogP contribution in [0.5, 0.6) is 0 Å². The Kier molecular flexibility index (Phi) is 5.33. The van der Waals surface area contributed by atoms with Gasteiger partial charge in [-0.25, -0.2) is 12.8 Å². The molecule has 0 bridgehead atoms. The summed E-state index contributed by atoms with van der Waals surface area (Å²) in [5.41, 5.74) is -0.570. The van der Waals surface area contributed by atoms with Gasteiger partial charge in [-0.2, -0.15) is 4.31 Å². The maximum Gasteiger partial charge on any atom is 0.321 e. The van der Waals surface area contributed by atoms with Gasteiger partial charge in [0.1, 0.15) is 17.3 Å². The highest BCUT2D eigenvalue weighted by Gasteiger charge is 2.28. The zero-order chi connectivity index (χ0) is 16.2. The topological polar surface area (TPSA) is 107 Å². The molecule has 1 aromatic carbocycles. The van der Waals surface area contributed by atoms with Gasteiger partial charge in [0.05, 0.1) is 11.5 Å². The summed E-state index contributed by atoms with van der Waals surface area (Å²) in [5, 5.41) is 10.6. The van der Waals surface area contributed by atoms with E-state index in [1.807, 2.05) is 0 Å². The van der Waals surface area contributed by atoms with Crippen molar-refractivity contribution in [3.8, 4) is 0 Å². The minimum atomic E-state index is -4.39. The Labute approximate surface area is 120 Å². The van der Waals surface area contributed by atoms with E-state index in [1.165, 1.54) is 0 Å². The number of nitro benzene ring substituents is 1. The second-order valence-corrected chi connectivity index (χ2v) is 5.95. The number of hydrogen-bond acceptors (Lipinski definition) is 6.